The fourth-order valence-electron chi connectivity index (χ4n) is 1.69. The van der Waals surface area contributed by atoms with Crippen molar-refractivity contribution in [3.8, 4) is 0 Å². The SMILES string of the molecule is CS(=O)(=O)CS(=O)CS(=O)CS(=O)CC(NC(=O)CCC(N)C(=O)O)C(=O)O. The van der Waals surface area contributed by atoms with Gasteiger partial charge in [-0.2, -0.15) is 0 Å². The Hall–Kier alpha value is -1.23. The monoisotopic (exact) mass is 482 g/mol. The molecule has 5 unspecified atom stereocenters. The highest BCUT2D eigenvalue weighted by molar-refractivity contribution is 8.13. The molecular formula is C12H22N2O10S4. The van der Waals surface area contributed by atoms with E-state index in [1.165, 1.54) is 0 Å². The topological polar surface area (TPSA) is 215 Å². The summed E-state index contributed by atoms with van der Waals surface area (Å²) in [5.74, 6) is -4.22. The van der Waals surface area contributed by atoms with Crippen LogP contribution in [0.25, 0.3) is 0 Å². The van der Waals surface area contributed by atoms with E-state index < -0.39 is 93.2 Å². The second-order valence-corrected chi connectivity index (χ2v) is 13.4. The Morgan fingerprint density at radius 2 is 1.54 bits per heavy atom. The van der Waals surface area contributed by atoms with Crippen LogP contribution in [0.5, 0.6) is 0 Å². The summed E-state index contributed by atoms with van der Waals surface area (Å²) in [5.41, 5.74) is 5.23. The summed E-state index contributed by atoms with van der Waals surface area (Å²) in [6, 6.07) is -2.87. The van der Waals surface area contributed by atoms with Crippen molar-refractivity contribution in [3.05, 3.63) is 0 Å². The number of carboxylic acid groups (broad SMARTS) is 2. The van der Waals surface area contributed by atoms with Crippen molar-refractivity contribution >= 4 is 60.1 Å². The standard InChI is InChI=1S/C12H22N2O10S4/c1-28(23,24)7-27(22)6-26(21)5-25(20)4-9(12(18)19)14-10(15)3-2-8(13)11(16)17/h8-9H,2-7,13H2,1H3,(H,14,15)(H,16,17)(H,18,19). The molecule has 0 saturated carbocycles. The first-order valence-electron chi connectivity index (χ1n) is 7.44. The lowest BCUT2D eigenvalue weighted by atomic mass is 10.1. The van der Waals surface area contributed by atoms with Gasteiger partial charge in [-0.3, -0.25) is 22.2 Å². The largest absolute Gasteiger partial charge is 0.480 e. The molecule has 0 aromatic carbocycles. The van der Waals surface area contributed by atoms with Crippen LogP contribution in [0.1, 0.15) is 12.8 Å². The molecule has 0 spiro atoms. The minimum atomic E-state index is -3.54. The fraction of sp³-hybridized carbons (Fsp3) is 0.750. The third-order valence-corrected chi connectivity index (χ3v) is 10.5. The molecule has 0 fully saturated rings. The maximum absolute atomic E-state index is 12.0. The molecule has 5 atom stereocenters. The average Bonchev–Trinajstić information content (AvgIpc) is 2.49. The molecule has 0 radical (unpaired) electrons. The third kappa shape index (κ3) is 13.0. The number of carbonyl (C=O) groups excluding carboxylic acids is 1. The van der Waals surface area contributed by atoms with Crippen LogP contribution in [-0.4, -0.2) is 88.5 Å². The van der Waals surface area contributed by atoms with Gasteiger partial charge in [-0.15, -0.1) is 0 Å². The predicted molar refractivity (Wildman–Crippen MR) is 103 cm³/mol. The van der Waals surface area contributed by atoms with Crippen LogP contribution in [0.2, 0.25) is 0 Å². The summed E-state index contributed by atoms with van der Waals surface area (Å²) in [6.07, 6.45) is 0.266. The highest BCUT2D eigenvalue weighted by Gasteiger charge is 2.24. The molecule has 1 amide bonds. The molecule has 0 rings (SSSR count). The van der Waals surface area contributed by atoms with Crippen molar-refractivity contribution in [1.29, 1.82) is 0 Å². The van der Waals surface area contributed by atoms with Gasteiger partial charge in [0.15, 0.2) is 9.84 Å². The summed E-state index contributed by atoms with van der Waals surface area (Å²) < 4.78 is 57.3. The van der Waals surface area contributed by atoms with Gasteiger partial charge in [0, 0.05) is 45.1 Å². The molecule has 28 heavy (non-hydrogen) atoms. The Morgan fingerprint density at radius 3 is 2.00 bits per heavy atom. The smallest absolute Gasteiger partial charge is 0.327 e. The second kappa shape index (κ2) is 12.4. The van der Waals surface area contributed by atoms with Crippen molar-refractivity contribution in [3.63, 3.8) is 0 Å². The zero-order valence-corrected chi connectivity index (χ0v) is 18.0. The summed E-state index contributed by atoms with van der Waals surface area (Å²) >= 11 is 0. The van der Waals surface area contributed by atoms with E-state index >= 15 is 0 Å². The van der Waals surface area contributed by atoms with E-state index in [1.54, 1.807) is 0 Å². The number of sulfone groups is 1. The van der Waals surface area contributed by atoms with Crippen molar-refractivity contribution < 1.29 is 45.6 Å². The van der Waals surface area contributed by atoms with E-state index in [9.17, 15) is 35.4 Å². The summed E-state index contributed by atoms with van der Waals surface area (Å²) in [5, 5.41) is 18.0. The Labute approximate surface area is 168 Å². The average molecular weight is 483 g/mol. The molecule has 164 valence electrons. The van der Waals surface area contributed by atoms with Crippen molar-refractivity contribution in [1.82, 2.24) is 5.32 Å². The first-order valence-corrected chi connectivity index (χ1v) is 14.0. The Bertz CT molecular complexity index is 766. The number of rotatable bonds is 14. The number of hydrogen-bond acceptors (Lipinski definition) is 9. The van der Waals surface area contributed by atoms with Crippen LogP contribution >= 0.6 is 0 Å². The number of hydrogen-bond donors (Lipinski definition) is 4. The maximum atomic E-state index is 12.0. The van der Waals surface area contributed by atoms with Gasteiger partial charge in [-0.1, -0.05) is 0 Å². The molecule has 0 aliphatic carbocycles. The molecule has 0 bridgehead atoms. The van der Waals surface area contributed by atoms with Gasteiger partial charge in [0.1, 0.15) is 27.3 Å². The number of amides is 1. The number of carbonyl (C=O) groups is 3. The Kier molecular flexibility index (Phi) is 11.8. The van der Waals surface area contributed by atoms with Gasteiger partial charge < -0.3 is 21.3 Å². The number of nitrogens with two attached hydrogens (primary N) is 1. The van der Waals surface area contributed by atoms with Crippen molar-refractivity contribution in [2.45, 2.75) is 24.9 Å². The van der Waals surface area contributed by atoms with Gasteiger partial charge in [-0.25, -0.2) is 13.2 Å². The van der Waals surface area contributed by atoms with E-state index in [1.807, 2.05) is 0 Å². The predicted octanol–water partition coefficient (Wildman–Crippen LogP) is -3.09. The zero-order chi connectivity index (χ0) is 22.1. The van der Waals surface area contributed by atoms with Gasteiger partial charge in [0.05, 0.1) is 5.75 Å². The minimum absolute atomic E-state index is 0.229. The van der Waals surface area contributed by atoms with E-state index in [-0.39, 0.29) is 12.8 Å². The molecule has 12 nitrogen and oxygen atoms in total. The number of carboxylic acids is 2. The molecular weight excluding hydrogens is 460 g/mol. The summed E-state index contributed by atoms with van der Waals surface area (Å²) in [4.78, 5) is 33.4. The quantitative estimate of drug-likeness (QED) is 0.194. The first-order chi connectivity index (χ1) is 12.7. The van der Waals surface area contributed by atoms with E-state index in [0.717, 1.165) is 6.26 Å². The maximum Gasteiger partial charge on any atom is 0.327 e. The lowest BCUT2D eigenvalue weighted by Crippen LogP contribution is -2.45. The highest BCUT2D eigenvalue weighted by atomic mass is 32.3. The Morgan fingerprint density at radius 1 is 1.00 bits per heavy atom. The van der Waals surface area contributed by atoms with E-state index in [4.69, 9.17) is 15.9 Å². The van der Waals surface area contributed by atoms with Crippen LogP contribution in [0.4, 0.5) is 0 Å². The molecule has 0 aromatic heterocycles. The van der Waals surface area contributed by atoms with Crippen LogP contribution in [0.15, 0.2) is 0 Å². The van der Waals surface area contributed by atoms with Gasteiger partial charge >= 0.3 is 11.9 Å². The van der Waals surface area contributed by atoms with Crippen LogP contribution in [-0.2, 0) is 56.6 Å². The molecule has 0 aliphatic heterocycles. The van der Waals surface area contributed by atoms with Gasteiger partial charge in [0.25, 0.3) is 0 Å². The lowest BCUT2D eigenvalue weighted by molar-refractivity contribution is -0.141. The van der Waals surface area contributed by atoms with Crippen molar-refractivity contribution in [2.24, 2.45) is 5.73 Å². The normalized spacial score (nSPS) is 17.1. The number of nitrogens with one attached hydrogen (secondary N) is 1. The molecule has 0 aliphatic rings. The lowest BCUT2D eigenvalue weighted by Gasteiger charge is -2.14. The molecule has 0 heterocycles. The third-order valence-electron chi connectivity index (χ3n) is 2.86. The second-order valence-electron chi connectivity index (χ2n) is 5.71. The fourth-order valence-corrected chi connectivity index (χ4v) is 8.69. The summed E-state index contributed by atoms with van der Waals surface area (Å²) in [6.45, 7) is 0. The van der Waals surface area contributed by atoms with Crippen LogP contribution in [0.3, 0.4) is 0 Å². The highest BCUT2D eigenvalue weighted by Crippen LogP contribution is 2.01. The van der Waals surface area contributed by atoms with E-state index in [0.29, 0.717) is 0 Å². The first kappa shape index (κ1) is 26.8. The molecule has 5 N–H and O–H groups in total. The zero-order valence-electron chi connectivity index (χ0n) is 14.8. The van der Waals surface area contributed by atoms with Crippen molar-refractivity contribution in [2.75, 3.05) is 27.3 Å². The van der Waals surface area contributed by atoms with Crippen LogP contribution in [0, 0.1) is 0 Å². The summed E-state index contributed by atoms with van der Waals surface area (Å²) in [7, 11) is -9.39. The Balaban J connectivity index is 4.59. The number of aliphatic carboxylic acids is 2. The van der Waals surface area contributed by atoms with E-state index in [2.05, 4.69) is 5.32 Å². The van der Waals surface area contributed by atoms with Gasteiger partial charge in [-0.05, 0) is 6.42 Å². The van der Waals surface area contributed by atoms with Crippen LogP contribution < -0.4 is 11.1 Å². The minimum Gasteiger partial charge on any atom is -0.480 e. The molecule has 0 saturated heterocycles. The molecule has 16 heteroatoms. The van der Waals surface area contributed by atoms with Gasteiger partial charge in [0.2, 0.25) is 5.91 Å². The molecule has 0 aromatic rings.